The second-order valence-electron chi connectivity index (χ2n) is 5.41. The van der Waals surface area contributed by atoms with Gasteiger partial charge in [0.1, 0.15) is 0 Å². The van der Waals surface area contributed by atoms with Crippen molar-refractivity contribution < 1.29 is 9.90 Å². The first-order valence-corrected chi connectivity index (χ1v) is 7.43. The molecule has 110 valence electrons. The van der Waals surface area contributed by atoms with Gasteiger partial charge in [0.05, 0.1) is 5.92 Å². The van der Waals surface area contributed by atoms with E-state index < -0.39 is 0 Å². The van der Waals surface area contributed by atoms with E-state index >= 15 is 0 Å². The number of aliphatic hydroxyl groups excluding tert-OH is 1. The molecule has 2 atom stereocenters. The Hall–Kier alpha value is -1.39. The molecule has 0 saturated heterocycles. The highest BCUT2D eigenvalue weighted by Crippen LogP contribution is 2.23. The summed E-state index contributed by atoms with van der Waals surface area (Å²) in [6, 6.07) is 8.12. The molecule has 1 aliphatic rings. The van der Waals surface area contributed by atoms with Gasteiger partial charge in [0.2, 0.25) is 5.91 Å². The number of carbonyl (C=O) groups is 1. The third-order valence-corrected chi connectivity index (χ3v) is 4.09. The largest absolute Gasteiger partial charge is 0.396 e. The Morgan fingerprint density at radius 1 is 1.50 bits per heavy atom. The zero-order chi connectivity index (χ0) is 14.4. The highest BCUT2D eigenvalue weighted by atomic mass is 16.3. The third kappa shape index (κ3) is 3.58. The predicted molar refractivity (Wildman–Crippen MR) is 79.4 cm³/mol. The summed E-state index contributed by atoms with van der Waals surface area (Å²) in [7, 11) is 0. The van der Waals surface area contributed by atoms with Crippen molar-refractivity contribution in [3.05, 3.63) is 35.4 Å². The molecule has 4 heteroatoms. The van der Waals surface area contributed by atoms with Crippen LogP contribution in [0, 0.1) is 5.92 Å². The van der Waals surface area contributed by atoms with Crippen molar-refractivity contribution in [2.24, 2.45) is 5.92 Å². The summed E-state index contributed by atoms with van der Waals surface area (Å²) in [6.45, 7) is 4.45. The number of aliphatic hydroxyl groups is 1. The van der Waals surface area contributed by atoms with Crippen molar-refractivity contribution in [2.45, 2.75) is 32.2 Å². The molecule has 0 aromatic heterocycles. The number of hydrogen-bond acceptors (Lipinski definition) is 3. The minimum atomic E-state index is -0.105. The number of hydrogen-bond donors (Lipinski definition) is 3. The van der Waals surface area contributed by atoms with Crippen molar-refractivity contribution in [1.29, 1.82) is 0 Å². The van der Waals surface area contributed by atoms with Gasteiger partial charge in [0, 0.05) is 26.2 Å². The summed E-state index contributed by atoms with van der Waals surface area (Å²) in [4.78, 5) is 12.4. The van der Waals surface area contributed by atoms with Gasteiger partial charge >= 0.3 is 0 Å². The predicted octanol–water partition coefficient (Wildman–Crippen LogP) is 1.40. The van der Waals surface area contributed by atoms with Crippen LogP contribution in [0.3, 0.4) is 0 Å². The molecule has 0 radical (unpaired) electrons. The minimum Gasteiger partial charge on any atom is -0.396 e. The van der Waals surface area contributed by atoms with Gasteiger partial charge in [-0.1, -0.05) is 37.6 Å². The van der Waals surface area contributed by atoms with Crippen LogP contribution in [-0.2, 0) is 11.3 Å². The van der Waals surface area contributed by atoms with Gasteiger partial charge in [-0.05, 0) is 23.5 Å². The topological polar surface area (TPSA) is 61.4 Å². The lowest BCUT2D eigenvalue weighted by Crippen LogP contribution is -2.40. The highest BCUT2D eigenvalue weighted by molar-refractivity contribution is 5.84. The van der Waals surface area contributed by atoms with Crippen LogP contribution >= 0.6 is 0 Å². The third-order valence-electron chi connectivity index (χ3n) is 4.09. The van der Waals surface area contributed by atoms with Gasteiger partial charge in [-0.3, -0.25) is 4.79 Å². The summed E-state index contributed by atoms with van der Waals surface area (Å²) < 4.78 is 0. The Bertz CT molecular complexity index is 448. The standard InChI is InChI=1S/C16H24N2O2/c1-2-12(7-8-19)9-18-16(20)15-11-17-10-13-5-3-4-6-14(13)15/h3-6,12,15,17,19H,2,7-11H2,1H3,(H,18,20). The van der Waals surface area contributed by atoms with E-state index in [9.17, 15) is 4.79 Å². The molecule has 4 nitrogen and oxygen atoms in total. The van der Waals surface area contributed by atoms with Gasteiger partial charge in [-0.25, -0.2) is 0 Å². The number of rotatable bonds is 6. The Morgan fingerprint density at radius 2 is 2.30 bits per heavy atom. The van der Waals surface area contributed by atoms with Crippen LogP contribution in [0.4, 0.5) is 0 Å². The molecule has 20 heavy (non-hydrogen) atoms. The summed E-state index contributed by atoms with van der Waals surface area (Å²) >= 11 is 0. The molecule has 0 bridgehead atoms. The molecule has 0 aliphatic carbocycles. The molecule has 1 aliphatic heterocycles. The molecule has 0 saturated carbocycles. The Morgan fingerprint density at radius 3 is 3.05 bits per heavy atom. The van der Waals surface area contributed by atoms with Gasteiger partial charge in [0.25, 0.3) is 0 Å². The first kappa shape index (κ1) is 15.0. The smallest absolute Gasteiger partial charge is 0.228 e. The quantitative estimate of drug-likeness (QED) is 0.736. The van der Waals surface area contributed by atoms with Crippen LogP contribution in [0.15, 0.2) is 24.3 Å². The normalized spacial score (nSPS) is 19.2. The highest BCUT2D eigenvalue weighted by Gasteiger charge is 2.26. The van der Waals surface area contributed by atoms with Crippen LogP contribution in [-0.4, -0.2) is 30.7 Å². The Balaban J connectivity index is 1.97. The molecule has 1 heterocycles. The molecular weight excluding hydrogens is 252 g/mol. The lowest BCUT2D eigenvalue weighted by Gasteiger charge is -2.26. The number of nitrogens with one attached hydrogen (secondary N) is 2. The van der Waals surface area contributed by atoms with Crippen molar-refractivity contribution in [1.82, 2.24) is 10.6 Å². The molecule has 0 fully saturated rings. The fraction of sp³-hybridized carbons (Fsp3) is 0.562. The second-order valence-corrected chi connectivity index (χ2v) is 5.41. The summed E-state index contributed by atoms with van der Waals surface area (Å²) in [5, 5.41) is 15.3. The average molecular weight is 276 g/mol. The van der Waals surface area contributed by atoms with Gasteiger partial charge in [-0.15, -0.1) is 0 Å². The van der Waals surface area contributed by atoms with Crippen LogP contribution in [0.1, 0.15) is 36.8 Å². The van der Waals surface area contributed by atoms with E-state index in [2.05, 4.69) is 23.6 Å². The Kier molecular flexibility index (Phi) is 5.56. The molecule has 2 rings (SSSR count). The van der Waals surface area contributed by atoms with E-state index in [0.717, 1.165) is 24.9 Å². The molecule has 1 aromatic rings. The van der Waals surface area contributed by atoms with Crippen LogP contribution in [0.2, 0.25) is 0 Å². The monoisotopic (exact) mass is 276 g/mol. The van der Waals surface area contributed by atoms with Gasteiger partial charge in [-0.2, -0.15) is 0 Å². The molecule has 0 spiro atoms. The number of fused-ring (bicyclic) bond motifs is 1. The lowest BCUT2D eigenvalue weighted by molar-refractivity contribution is -0.122. The first-order chi connectivity index (χ1) is 9.76. The fourth-order valence-corrected chi connectivity index (χ4v) is 2.73. The average Bonchev–Trinajstić information content (AvgIpc) is 2.50. The molecule has 1 amide bonds. The van der Waals surface area contributed by atoms with E-state index in [1.54, 1.807) is 0 Å². The maximum absolute atomic E-state index is 12.4. The van der Waals surface area contributed by atoms with E-state index in [0.29, 0.717) is 19.0 Å². The molecule has 1 aromatic carbocycles. The van der Waals surface area contributed by atoms with E-state index in [1.807, 2.05) is 18.2 Å². The molecule has 3 N–H and O–H groups in total. The number of amides is 1. The van der Waals surface area contributed by atoms with Crippen LogP contribution in [0.25, 0.3) is 0 Å². The van der Waals surface area contributed by atoms with Crippen molar-refractivity contribution >= 4 is 5.91 Å². The SMILES string of the molecule is CCC(CCO)CNC(=O)C1CNCc2ccccc21. The lowest BCUT2D eigenvalue weighted by atomic mass is 9.90. The molecular formula is C16H24N2O2. The van der Waals surface area contributed by atoms with Crippen molar-refractivity contribution in [2.75, 3.05) is 19.7 Å². The van der Waals surface area contributed by atoms with Gasteiger partial charge < -0.3 is 15.7 Å². The first-order valence-electron chi connectivity index (χ1n) is 7.43. The summed E-state index contributed by atoms with van der Waals surface area (Å²) in [5.41, 5.74) is 2.35. The van der Waals surface area contributed by atoms with E-state index in [1.165, 1.54) is 5.56 Å². The zero-order valence-corrected chi connectivity index (χ0v) is 12.1. The zero-order valence-electron chi connectivity index (χ0n) is 12.1. The maximum Gasteiger partial charge on any atom is 0.228 e. The number of benzene rings is 1. The van der Waals surface area contributed by atoms with E-state index in [4.69, 9.17) is 5.11 Å². The summed E-state index contributed by atoms with van der Waals surface area (Å²) in [5.74, 6) is 0.336. The Labute approximate surface area is 120 Å². The molecule has 2 unspecified atom stereocenters. The van der Waals surface area contributed by atoms with Gasteiger partial charge in [0.15, 0.2) is 0 Å². The van der Waals surface area contributed by atoms with E-state index in [-0.39, 0.29) is 18.4 Å². The maximum atomic E-state index is 12.4. The second kappa shape index (κ2) is 7.41. The van der Waals surface area contributed by atoms with Crippen LogP contribution < -0.4 is 10.6 Å². The van der Waals surface area contributed by atoms with Crippen LogP contribution in [0.5, 0.6) is 0 Å². The number of carbonyl (C=O) groups excluding carboxylic acids is 1. The fourth-order valence-electron chi connectivity index (χ4n) is 2.73. The minimum absolute atomic E-state index is 0.0843. The summed E-state index contributed by atoms with van der Waals surface area (Å²) in [6.07, 6.45) is 1.72. The van der Waals surface area contributed by atoms with Crippen molar-refractivity contribution in [3.8, 4) is 0 Å². The van der Waals surface area contributed by atoms with Crippen molar-refractivity contribution in [3.63, 3.8) is 0 Å².